The van der Waals surface area contributed by atoms with Gasteiger partial charge in [-0.1, -0.05) is 78.9 Å². The summed E-state index contributed by atoms with van der Waals surface area (Å²) in [5, 5.41) is 5.50. The minimum atomic E-state index is 0.396. The van der Waals surface area contributed by atoms with Crippen LogP contribution in [0.2, 0.25) is 0 Å². The lowest BCUT2D eigenvalue weighted by Gasteiger charge is -2.27. The summed E-state index contributed by atoms with van der Waals surface area (Å²) in [6, 6.07) is 40.0. The lowest BCUT2D eigenvalue weighted by atomic mass is 10.1. The molecule has 10 heteroatoms. The molecule has 3 aromatic heterocycles. The molecule has 224 valence electrons. The number of furan rings is 1. The summed E-state index contributed by atoms with van der Waals surface area (Å²) in [4.78, 5) is 28.9. The molecule has 0 bridgehead atoms. The second kappa shape index (κ2) is 9.30. The van der Waals surface area contributed by atoms with Gasteiger partial charge in [0.05, 0.1) is 27.6 Å². The summed E-state index contributed by atoms with van der Waals surface area (Å²) >= 11 is 0. The first-order chi connectivity index (χ1) is 23.8. The second-order valence-electron chi connectivity index (χ2n) is 11.7. The van der Waals surface area contributed by atoms with Crippen molar-refractivity contribution in [3.63, 3.8) is 0 Å². The van der Waals surface area contributed by atoms with E-state index in [0.717, 1.165) is 55.1 Å². The number of hydrogen-bond donors (Lipinski definition) is 0. The van der Waals surface area contributed by atoms with Crippen LogP contribution in [-0.2, 0) is 0 Å². The second-order valence-corrected chi connectivity index (χ2v) is 11.7. The van der Waals surface area contributed by atoms with E-state index in [9.17, 15) is 0 Å². The normalized spacial score (nSPS) is 15.4. The molecule has 0 aliphatic carbocycles. The molecule has 0 saturated heterocycles. The van der Waals surface area contributed by atoms with Gasteiger partial charge in [0.15, 0.2) is 5.84 Å². The fourth-order valence-electron chi connectivity index (χ4n) is 7.26. The molecule has 5 aromatic carbocycles. The van der Waals surface area contributed by atoms with Crippen LogP contribution >= 0.6 is 0 Å². The molecule has 48 heavy (non-hydrogen) atoms. The van der Waals surface area contributed by atoms with Crippen LogP contribution in [0.1, 0.15) is 5.56 Å². The number of aliphatic imine (C=N–C) groups is 6. The molecular formula is C38H21N9O. The van der Waals surface area contributed by atoms with E-state index in [1.54, 1.807) is 4.90 Å². The number of amidine groups is 1. The minimum Gasteiger partial charge on any atom is -0.439 e. The molecule has 0 N–H and O–H groups in total. The summed E-state index contributed by atoms with van der Waals surface area (Å²) in [6.45, 7) is 0. The maximum absolute atomic E-state index is 6.80. The Kier molecular flexibility index (Phi) is 4.90. The van der Waals surface area contributed by atoms with Gasteiger partial charge in [0.1, 0.15) is 18.3 Å². The van der Waals surface area contributed by atoms with Crippen molar-refractivity contribution in [1.82, 2.24) is 14.0 Å². The Morgan fingerprint density at radius 2 is 1.19 bits per heavy atom. The smallest absolute Gasteiger partial charge is 0.243 e. The molecule has 10 nitrogen and oxygen atoms in total. The Morgan fingerprint density at radius 1 is 0.500 bits per heavy atom. The van der Waals surface area contributed by atoms with E-state index in [1.807, 2.05) is 24.3 Å². The van der Waals surface area contributed by atoms with Crippen molar-refractivity contribution in [2.45, 2.75) is 0 Å². The van der Waals surface area contributed by atoms with Gasteiger partial charge in [0, 0.05) is 32.6 Å². The van der Waals surface area contributed by atoms with Crippen LogP contribution in [0, 0.1) is 0 Å². The zero-order valence-electron chi connectivity index (χ0n) is 25.1. The van der Waals surface area contributed by atoms with Crippen molar-refractivity contribution in [2.75, 3.05) is 0 Å². The third-order valence-electron chi connectivity index (χ3n) is 9.19. The first kappa shape index (κ1) is 25.3. The maximum atomic E-state index is 6.80. The largest absolute Gasteiger partial charge is 0.439 e. The van der Waals surface area contributed by atoms with Crippen LogP contribution in [0.4, 0.5) is 0 Å². The van der Waals surface area contributed by atoms with E-state index in [4.69, 9.17) is 14.4 Å². The van der Waals surface area contributed by atoms with Crippen LogP contribution in [-0.4, -0.2) is 50.4 Å². The molecule has 8 aromatic rings. The van der Waals surface area contributed by atoms with Crippen molar-refractivity contribution in [3.05, 3.63) is 121 Å². The van der Waals surface area contributed by atoms with E-state index in [-0.39, 0.29) is 0 Å². The Labute approximate surface area is 271 Å². The van der Waals surface area contributed by atoms with Gasteiger partial charge in [0.2, 0.25) is 23.8 Å². The zero-order chi connectivity index (χ0) is 31.3. The highest BCUT2D eigenvalue weighted by Gasteiger charge is 2.34. The molecule has 0 saturated carbocycles. The monoisotopic (exact) mass is 619 g/mol. The van der Waals surface area contributed by atoms with Crippen molar-refractivity contribution in [1.29, 1.82) is 0 Å². The Hall–Kier alpha value is -6.94. The standard InChI is InChI=1S/C38H21N9O/c1-2-10-22(11-3-1)45-27-15-7-4-12-23(27)24-18-19-29-31(33(24)45)25-13-5-8-16-28(25)46(29)35-32(26-14-6-9-17-30(26)48-35)34-43-37-41-20-39-36-40-21-42-38(44-34)47(36)37/h1-21H. The highest BCUT2D eigenvalue weighted by Crippen LogP contribution is 2.43. The maximum Gasteiger partial charge on any atom is 0.243 e. The van der Waals surface area contributed by atoms with Gasteiger partial charge < -0.3 is 8.98 Å². The topological polar surface area (TPSA) is 100 Å². The molecule has 3 aliphatic rings. The number of rotatable bonds is 3. The van der Waals surface area contributed by atoms with Crippen molar-refractivity contribution in [3.8, 4) is 11.6 Å². The van der Waals surface area contributed by atoms with Gasteiger partial charge in [-0.05, 0) is 36.4 Å². The van der Waals surface area contributed by atoms with Gasteiger partial charge in [-0.25, -0.2) is 24.9 Å². The van der Waals surface area contributed by atoms with Gasteiger partial charge in [-0.2, -0.15) is 9.98 Å². The summed E-state index contributed by atoms with van der Waals surface area (Å²) in [5.74, 6) is 2.27. The fourth-order valence-corrected chi connectivity index (χ4v) is 7.26. The average Bonchev–Trinajstić information content (AvgIpc) is 3.79. The number of para-hydroxylation sites is 4. The molecule has 0 spiro atoms. The Bertz CT molecular complexity index is 2890. The van der Waals surface area contributed by atoms with Crippen molar-refractivity contribution >= 4 is 91.0 Å². The number of benzene rings is 5. The highest BCUT2D eigenvalue weighted by atomic mass is 16.4. The molecule has 3 aliphatic heterocycles. The van der Waals surface area contributed by atoms with E-state index < -0.39 is 0 Å². The number of guanidine groups is 3. The van der Waals surface area contributed by atoms with Gasteiger partial charge in [0.25, 0.3) is 0 Å². The van der Waals surface area contributed by atoms with E-state index in [0.29, 0.717) is 29.6 Å². The molecule has 0 unspecified atom stereocenters. The average molecular weight is 620 g/mol. The van der Waals surface area contributed by atoms with E-state index >= 15 is 0 Å². The molecule has 0 fully saturated rings. The predicted molar refractivity (Wildman–Crippen MR) is 193 cm³/mol. The number of fused-ring (bicyclic) bond motifs is 8. The summed E-state index contributed by atoms with van der Waals surface area (Å²) in [7, 11) is 0. The number of aromatic nitrogens is 2. The van der Waals surface area contributed by atoms with Crippen LogP contribution in [0.5, 0.6) is 0 Å². The minimum absolute atomic E-state index is 0.396. The summed E-state index contributed by atoms with van der Waals surface area (Å²) < 4.78 is 11.4. The lowest BCUT2D eigenvalue weighted by Crippen LogP contribution is -2.45. The molecule has 0 radical (unpaired) electrons. The highest BCUT2D eigenvalue weighted by molar-refractivity contribution is 6.31. The van der Waals surface area contributed by atoms with Gasteiger partial charge in [-0.15, -0.1) is 0 Å². The quantitative estimate of drug-likeness (QED) is 0.201. The molecule has 0 atom stereocenters. The first-order valence-electron chi connectivity index (χ1n) is 15.5. The lowest BCUT2D eigenvalue weighted by molar-refractivity contribution is 0.589. The molecular weight excluding hydrogens is 598 g/mol. The number of hydrogen-bond acceptors (Lipinski definition) is 8. The van der Waals surface area contributed by atoms with Gasteiger partial charge >= 0.3 is 0 Å². The van der Waals surface area contributed by atoms with E-state index in [2.05, 4.69) is 120 Å². The van der Waals surface area contributed by atoms with Crippen molar-refractivity contribution < 1.29 is 4.42 Å². The van der Waals surface area contributed by atoms with Crippen molar-refractivity contribution in [2.24, 2.45) is 30.0 Å². The molecule has 11 rings (SSSR count). The first-order valence-corrected chi connectivity index (χ1v) is 15.5. The van der Waals surface area contributed by atoms with Crippen LogP contribution in [0.15, 0.2) is 150 Å². The summed E-state index contributed by atoms with van der Waals surface area (Å²) in [5.41, 5.74) is 6.86. The van der Waals surface area contributed by atoms with Crippen LogP contribution in [0.25, 0.3) is 66.2 Å². The third-order valence-corrected chi connectivity index (χ3v) is 9.19. The SMILES string of the molecule is C1=NC2=NC=NC3=NC(c4c(-n5c6ccccc6c6c5ccc5c7ccccc7n(-c7ccccc7)c56)oc5ccccc45)=NC(=N1)N23. The predicted octanol–water partition coefficient (Wildman–Crippen LogP) is 7.84. The summed E-state index contributed by atoms with van der Waals surface area (Å²) in [6.07, 6.45) is 2.90. The van der Waals surface area contributed by atoms with E-state index in [1.165, 1.54) is 23.4 Å². The van der Waals surface area contributed by atoms with Crippen LogP contribution in [0.3, 0.4) is 0 Å². The molecule has 0 amide bonds. The van der Waals surface area contributed by atoms with Gasteiger partial charge in [-0.3, -0.25) is 4.57 Å². The third kappa shape index (κ3) is 3.29. The number of nitrogens with zero attached hydrogens (tertiary/aromatic N) is 9. The fraction of sp³-hybridized carbons (Fsp3) is 0. The van der Waals surface area contributed by atoms with Crippen LogP contribution < -0.4 is 0 Å². The Balaban J connectivity index is 1.28. The molecule has 6 heterocycles. The zero-order valence-corrected chi connectivity index (χ0v) is 25.1. The Morgan fingerprint density at radius 3 is 2.04 bits per heavy atom.